The number of oxazole rings is 2. The van der Waals surface area contributed by atoms with Gasteiger partial charge in [0.2, 0.25) is 34.9 Å². The molecule has 1 aliphatic heterocycles. The maximum atomic E-state index is 9.68. The molecule has 0 amide bonds. The zero-order valence-electron chi connectivity index (χ0n) is 19.8. The van der Waals surface area contributed by atoms with Crippen LogP contribution in [0.5, 0.6) is 11.5 Å². The Labute approximate surface area is 207 Å². The van der Waals surface area contributed by atoms with Crippen LogP contribution in [0.2, 0.25) is 0 Å². The Hall–Kier alpha value is -4.96. The highest BCUT2D eigenvalue weighted by molar-refractivity contribution is 5.67. The van der Waals surface area contributed by atoms with Crippen molar-refractivity contribution in [3.8, 4) is 46.5 Å². The summed E-state index contributed by atoms with van der Waals surface area (Å²) in [4.78, 5) is 12.7. The zero-order chi connectivity index (χ0) is 25.1. The van der Waals surface area contributed by atoms with E-state index < -0.39 is 0 Å². The van der Waals surface area contributed by atoms with Crippen molar-refractivity contribution in [2.75, 3.05) is 50.2 Å². The molecule has 1 aliphatic rings. The highest BCUT2D eigenvalue weighted by atomic mass is 16.5. The van der Waals surface area contributed by atoms with Gasteiger partial charge in [-0.3, -0.25) is 0 Å². The topological polar surface area (TPSA) is 125 Å². The third-order valence-corrected chi connectivity index (χ3v) is 5.96. The Morgan fingerprint density at radius 1 is 0.694 bits per heavy atom. The van der Waals surface area contributed by atoms with Gasteiger partial charge in [-0.2, -0.15) is 20.5 Å². The molecule has 4 aromatic rings. The number of nitrogens with zero attached hydrogens (tertiary/aromatic N) is 6. The van der Waals surface area contributed by atoms with Crippen molar-refractivity contribution >= 4 is 11.8 Å². The number of benzene rings is 2. The molecular weight excluding hydrogens is 460 g/mol. The van der Waals surface area contributed by atoms with Crippen LogP contribution in [-0.4, -0.2) is 50.4 Å². The fourth-order valence-corrected chi connectivity index (χ4v) is 4.18. The van der Waals surface area contributed by atoms with Crippen molar-refractivity contribution < 1.29 is 18.3 Å². The quantitative estimate of drug-likeness (QED) is 0.397. The summed E-state index contributed by atoms with van der Waals surface area (Å²) in [6, 6.07) is 19.0. The Morgan fingerprint density at radius 2 is 1.08 bits per heavy atom. The van der Waals surface area contributed by atoms with E-state index in [4.69, 9.17) is 18.3 Å². The third-order valence-electron chi connectivity index (χ3n) is 5.96. The molecule has 0 radical (unpaired) electrons. The van der Waals surface area contributed by atoms with Crippen LogP contribution in [0, 0.1) is 22.7 Å². The van der Waals surface area contributed by atoms with Crippen LogP contribution in [0.1, 0.15) is 11.4 Å². The first kappa shape index (κ1) is 22.8. The minimum absolute atomic E-state index is 0.209. The van der Waals surface area contributed by atoms with E-state index >= 15 is 0 Å². The fourth-order valence-electron chi connectivity index (χ4n) is 4.18. The number of para-hydroxylation sites is 2. The molecule has 5 rings (SSSR count). The molecule has 0 bridgehead atoms. The summed E-state index contributed by atoms with van der Waals surface area (Å²) in [5.74, 6) is 2.69. The van der Waals surface area contributed by atoms with Crippen LogP contribution in [0.3, 0.4) is 0 Å². The lowest BCUT2D eigenvalue weighted by Gasteiger charge is -2.34. The molecule has 1 fully saturated rings. The lowest BCUT2D eigenvalue weighted by molar-refractivity contribution is 0.413. The second kappa shape index (κ2) is 9.72. The van der Waals surface area contributed by atoms with Crippen LogP contribution in [0.25, 0.3) is 22.9 Å². The van der Waals surface area contributed by atoms with Crippen LogP contribution < -0.4 is 19.3 Å². The summed E-state index contributed by atoms with van der Waals surface area (Å²) in [7, 11) is 3.15. The number of ether oxygens (including phenoxy) is 2. The standard InChI is InChI=1S/C26H22N6O4/c1-33-21-9-5-3-7-17(21)23-29-19(15-27)25(35-23)31-11-13-32(14-12-31)26-20(16-28)30-24(36-26)18-8-4-6-10-22(18)34-2/h3-10H,11-14H2,1-2H3. The number of anilines is 2. The third kappa shape index (κ3) is 4.05. The molecule has 0 atom stereocenters. The molecule has 2 aromatic carbocycles. The van der Waals surface area contributed by atoms with Crippen molar-refractivity contribution in [3.05, 3.63) is 59.9 Å². The minimum atomic E-state index is 0.209. The maximum Gasteiger partial charge on any atom is 0.235 e. The van der Waals surface area contributed by atoms with Gasteiger partial charge in [0.1, 0.15) is 23.6 Å². The highest BCUT2D eigenvalue weighted by Crippen LogP contribution is 2.36. The predicted molar refractivity (Wildman–Crippen MR) is 131 cm³/mol. The molecule has 3 heterocycles. The predicted octanol–water partition coefficient (Wildman–Crippen LogP) is 4.08. The Bertz CT molecular complexity index is 1360. The highest BCUT2D eigenvalue weighted by Gasteiger charge is 2.29. The van der Waals surface area contributed by atoms with Crippen molar-refractivity contribution in [2.45, 2.75) is 0 Å². The van der Waals surface area contributed by atoms with Gasteiger partial charge in [-0.25, -0.2) is 0 Å². The summed E-state index contributed by atoms with van der Waals surface area (Å²) < 4.78 is 22.9. The Morgan fingerprint density at radius 3 is 1.44 bits per heavy atom. The van der Waals surface area contributed by atoms with E-state index in [-0.39, 0.29) is 11.4 Å². The van der Waals surface area contributed by atoms with Gasteiger partial charge >= 0.3 is 0 Å². The molecule has 0 aliphatic carbocycles. The number of hydrogen-bond acceptors (Lipinski definition) is 10. The molecule has 2 aromatic heterocycles. The second-order valence-electron chi connectivity index (χ2n) is 7.94. The van der Waals surface area contributed by atoms with Crippen LogP contribution in [0.15, 0.2) is 57.4 Å². The van der Waals surface area contributed by atoms with Crippen LogP contribution in [0.4, 0.5) is 11.8 Å². The van der Waals surface area contributed by atoms with Gasteiger partial charge in [-0.05, 0) is 24.3 Å². The van der Waals surface area contributed by atoms with Gasteiger partial charge in [0, 0.05) is 26.2 Å². The summed E-state index contributed by atoms with van der Waals surface area (Å²) in [5.41, 5.74) is 1.76. The number of aromatic nitrogens is 2. The normalized spacial score (nSPS) is 13.2. The van der Waals surface area contributed by atoms with E-state index in [1.54, 1.807) is 14.2 Å². The number of methoxy groups -OCH3 is 2. The monoisotopic (exact) mass is 482 g/mol. The molecule has 1 saturated heterocycles. The molecule has 10 heteroatoms. The SMILES string of the molecule is COc1ccccc1-c1nc(C#N)c(N2CCN(c3oc(-c4ccccc4OC)nc3C#N)CC2)o1. The smallest absolute Gasteiger partial charge is 0.235 e. The van der Waals surface area contributed by atoms with Crippen molar-refractivity contribution in [2.24, 2.45) is 0 Å². The molecule has 0 spiro atoms. The first-order valence-corrected chi connectivity index (χ1v) is 11.2. The molecule has 36 heavy (non-hydrogen) atoms. The molecule has 10 nitrogen and oxygen atoms in total. The van der Waals surface area contributed by atoms with Crippen molar-refractivity contribution in [3.63, 3.8) is 0 Å². The van der Waals surface area contributed by atoms with E-state index in [1.807, 2.05) is 58.3 Å². The lowest BCUT2D eigenvalue weighted by Crippen LogP contribution is -2.46. The average molecular weight is 483 g/mol. The summed E-state index contributed by atoms with van der Waals surface area (Å²) in [6.45, 7) is 2.13. The fraction of sp³-hybridized carbons (Fsp3) is 0.231. The Kier molecular flexibility index (Phi) is 6.16. The number of piperazine rings is 1. The van der Waals surface area contributed by atoms with Gasteiger partial charge in [-0.15, -0.1) is 0 Å². The molecule has 0 unspecified atom stereocenters. The Balaban J connectivity index is 1.37. The van der Waals surface area contributed by atoms with Crippen LogP contribution in [-0.2, 0) is 0 Å². The van der Waals surface area contributed by atoms with Crippen LogP contribution >= 0.6 is 0 Å². The van der Waals surface area contributed by atoms with E-state index in [1.165, 1.54) is 0 Å². The maximum absolute atomic E-state index is 9.68. The summed E-state index contributed by atoms with van der Waals surface area (Å²) in [5, 5.41) is 19.4. The minimum Gasteiger partial charge on any atom is -0.496 e. The van der Waals surface area contributed by atoms with E-state index in [9.17, 15) is 10.5 Å². The summed E-state index contributed by atoms with van der Waals surface area (Å²) >= 11 is 0. The molecular formula is C26H22N6O4. The lowest BCUT2D eigenvalue weighted by atomic mass is 10.2. The van der Waals surface area contributed by atoms with E-state index in [0.29, 0.717) is 72.4 Å². The first-order chi connectivity index (χ1) is 17.7. The number of hydrogen-bond donors (Lipinski definition) is 0. The van der Waals surface area contributed by atoms with Gasteiger partial charge in [-0.1, -0.05) is 24.3 Å². The van der Waals surface area contributed by atoms with E-state index in [2.05, 4.69) is 22.1 Å². The second-order valence-corrected chi connectivity index (χ2v) is 7.94. The van der Waals surface area contributed by atoms with E-state index in [0.717, 1.165) is 0 Å². The zero-order valence-corrected chi connectivity index (χ0v) is 19.8. The van der Waals surface area contributed by atoms with Crippen molar-refractivity contribution in [1.82, 2.24) is 9.97 Å². The van der Waals surface area contributed by atoms with Gasteiger partial charge in [0.05, 0.1) is 25.3 Å². The summed E-state index contributed by atoms with van der Waals surface area (Å²) in [6.07, 6.45) is 0. The molecule has 0 N–H and O–H groups in total. The van der Waals surface area contributed by atoms with Crippen molar-refractivity contribution in [1.29, 1.82) is 10.5 Å². The van der Waals surface area contributed by atoms with Gasteiger partial charge < -0.3 is 28.1 Å². The van der Waals surface area contributed by atoms with Gasteiger partial charge in [0.25, 0.3) is 0 Å². The molecule has 0 saturated carbocycles. The molecule has 180 valence electrons. The number of nitriles is 2. The average Bonchev–Trinajstić information content (AvgIpc) is 3.58. The largest absolute Gasteiger partial charge is 0.496 e. The first-order valence-electron chi connectivity index (χ1n) is 11.2. The van der Waals surface area contributed by atoms with Gasteiger partial charge in [0.15, 0.2) is 0 Å². The number of rotatable bonds is 6.